The normalized spacial score (nSPS) is 13.0. The number of hydrogen-bond acceptors (Lipinski definition) is 4. The molecular weight excluding hydrogens is 429 g/mol. The van der Waals surface area contributed by atoms with Gasteiger partial charge in [-0.3, -0.25) is 0 Å². The van der Waals surface area contributed by atoms with Crippen molar-refractivity contribution < 1.29 is 0 Å². The molecule has 0 aromatic carbocycles. The molecule has 0 aliphatic carbocycles. The van der Waals surface area contributed by atoms with Crippen LogP contribution in [-0.4, -0.2) is 0 Å². The first-order chi connectivity index (χ1) is 13.5. The molecule has 154 valence electrons. The van der Waals surface area contributed by atoms with Gasteiger partial charge >= 0.3 is 0 Å². The highest BCUT2D eigenvalue weighted by atomic mass is 32.1. The Bertz CT molecular complexity index is 1170. The van der Waals surface area contributed by atoms with Gasteiger partial charge in [-0.1, -0.05) is 41.5 Å². The zero-order valence-electron chi connectivity index (χ0n) is 18.6. The van der Waals surface area contributed by atoms with Crippen molar-refractivity contribution >= 4 is 54.7 Å². The lowest BCUT2D eigenvalue weighted by molar-refractivity contribution is 0.517. The zero-order valence-corrected chi connectivity index (χ0v) is 21.9. The van der Waals surface area contributed by atoms with E-state index in [1.165, 1.54) is 56.2 Å². The molecule has 0 saturated heterocycles. The fraction of sp³-hybridized carbons (Fsp3) is 0.440. The van der Waals surface area contributed by atoms with Crippen LogP contribution in [0.1, 0.15) is 68.8 Å². The lowest BCUT2D eigenvalue weighted by Crippen LogP contribution is -2.12. The summed E-state index contributed by atoms with van der Waals surface area (Å²) in [5.74, 6) is 0. The molecule has 4 aromatic heterocycles. The van der Waals surface area contributed by atoms with E-state index < -0.39 is 0 Å². The Morgan fingerprint density at radius 2 is 1.10 bits per heavy atom. The van der Waals surface area contributed by atoms with E-state index in [0.29, 0.717) is 0 Å². The molecule has 0 aliphatic heterocycles. The molecule has 0 amide bonds. The van der Waals surface area contributed by atoms with Gasteiger partial charge in [0.25, 0.3) is 0 Å². The average molecular weight is 459 g/mol. The smallest absolute Gasteiger partial charge is 0.0496 e. The summed E-state index contributed by atoms with van der Waals surface area (Å²) in [5.41, 5.74) is 3.40. The molecule has 4 heterocycles. The van der Waals surface area contributed by atoms with Crippen LogP contribution in [0.15, 0.2) is 24.3 Å². The lowest BCUT2D eigenvalue weighted by atomic mass is 9.89. The van der Waals surface area contributed by atoms with E-state index in [-0.39, 0.29) is 10.8 Å². The second-order valence-corrected chi connectivity index (χ2v) is 13.8. The van der Waals surface area contributed by atoms with Crippen LogP contribution in [0.5, 0.6) is 0 Å². The fourth-order valence-corrected chi connectivity index (χ4v) is 8.85. The number of fused-ring (bicyclic) bond motifs is 1. The summed E-state index contributed by atoms with van der Waals surface area (Å²) in [6.45, 7) is 18.5. The molecular formula is C25H30S4. The molecule has 29 heavy (non-hydrogen) atoms. The third-order valence-corrected chi connectivity index (χ3v) is 12.2. The van der Waals surface area contributed by atoms with Crippen LogP contribution in [0.25, 0.3) is 28.9 Å². The monoisotopic (exact) mass is 458 g/mol. The fourth-order valence-electron chi connectivity index (χ4n) is 3.48. The van der Waals surface area contributed by atoms with E-state index in [1.54, 1.807) is 0 Å². The Hall–Kier alpha value is -0.940. The maximum absolute atomic E-state index is 2.35. The lowest BCUT2D eigenvalue weighted by Gasteiger charge is -2.20. The molecule has 0 nitrogen and oxygen atoms in total. The Morgan fingerprint density at radius 3 is 1.52 bits per heavy atom. The molecule has 0 N–H and O–H groups in total. The van der Waals surface area contributed by atoms with Gasteiger partial charge in [-0.2, -0.15) is 0 Å². The van der Waals surface area contributed by atoms with Crippen LogP contribution in [0, 0.1) is 13.8 Å². The third kappa shape index (κ3) is 3.67. The van der Waals surface area contributed by atoms with Crippen molar-refractivity contribution in [3.8, 4) is 19.5 Å². The summed E-state index contributed by atoms with van der Waals surface area (Å²) in [7, 11) is 0. The van der Waals surface area contributed by atoms with Crippen LogP contribution in [-0.2, 0) is 10.8 Å². The van der Waals surface area contributed by atoms with Crippen molar-refractivity contribution in [2.75, 3.05) is 0 Å². The molecule has 0 unspecified atom stereocenters. The first kappa shape index (κ1) is 21.3. The minimum absolute atomic E-state index is 0.220. The Kier molecular flexibility index (Phi) is 5.39. The molecule has 4 aromatic rings. The van der Waals surface area contributed by atoms with Crippen molar-refractivity contribution in [1.29, 1.82) is 0 Å². The quantitative estimate of drug-likeness (QED) is 0.285. The van der Waals surface area contributed by atoms with Gasteiger partial charge in [-0.15, -0.1) is 45.3 Å². The van der Waals surface area contributed by atoms with Crippen molar-refractivity contribution in [2.24, 2.45) is 0 Å². The molecule has 0 radical (unpaired) electrons. The highest BCUT2D eigenvalue weighted by molar-refractivity contribution is 7.34. The van der Waals surface area contributed by atoms with Crippen LogP contribution in [0.3, 0.4) is 0 Å². The number of rotatable bonds is 4. The largest absolute Gasteiger partial charge is 0.139 e. The Balaban J connectivity index is 1.76. The SMILES string of the molecule is CCC(C)(C)c1ccc(-c2sc3c(C)c(-c4ccc(C(C)(C)C)s4)sc3c2C)s1. The standard InChI is InChI=1S/C25H30S4/c1-9-25(7,8)19-13-11-17(27-19)21-15(3)23-22(29-21)14(2)20(28-23)16-10-12-18(26-16)24(4,5)6/h10-13H,9H2,1-8H3. The molecule has 0 aliphatic rings. The van der Waals surface area contributed by atoms with Gasteiger partial charge in [0.05, 0.1) is 0 Å². The molecule has 0 saturated carbocycles. The molecule has 0 atom stereocenters. The van der Waals surface area contributed by atoms with Crippen molar-refractivity contribution in [2.45, 2.75) is 72.6 Å². The van der Waals surface area contributed by atoms with Gasteiger partial charge in [0.1, 0.15) is 0 Å². The highest BCUT2D eigenvalue weighted by Crippen LogP contribution is 2.51. The van der Waals surface area contributed by atoms with Crippen LogP contribution >= 0.6 is 45.3 Å². The molecule has 0 fully saturated rings. The van der Waals surface area contributed by atoms with Gasteiger partial charge in [0, 0.05) is 38.7 Å². The maximum atomic E-state index is 2.35. The van der Waals surface area contributed by atoms with Crippen molar-refractivity contribution in [3.05, 3.63) is 45.1 Å². The summed E-state index contributed by atoms with van der Waals surface area (Å²) < 4.78 is 2.96. The summed E-state index contributed by atoms with van der Waals surface area (Å²) in [4.78, 5) is 8.73. The Morgan fingerprint density at radius 1 is 0.655 bits per heavy atom. The third-order valence-electron chi connectivity index (χ3n) is 5.93. The van der Waals surface area contributed by atoms with Gasteiger partial charge in [-0.25, -0.2) is 0 Å². The van der Waals surface area contributed by atoms with Crippen LogP contribution < -0.4 is 0 Å². The minimum Gasteiger partial charge on any atom is -0.139 e. The van der Waals surface area contributed by atoms with E-state index in [2.05, 4.69) is 79.7 Å². The first-order valence-corrected chi connectivity index (χ1v) is 13.5. The van der Waals surface area contributed by atoms with Gasteiger partial charge in [-0.05, 0) is 66.5 Å². The number of aryl methyl sites for hydroxylation is 2. The molecule has 0 spiro atoms. The van der Waals surface area contributed by atoms with Crippen LogP contribution in [0.4, 0.5) is 0 Å². The Labute approximate surface area is 191 Å². The second-order valence-electron chi connectivity index (χ2n) is 9.59. The van der Waals surface area contributed by atoms with E-state index in [1.807, 2.05) is 45.3 Å². The minimum atomic E-state index is 0.220. The average Bonchev–Trinajstić information content (AvgIpc) is 3.40. The van der Waals surface area contributed by atoms with E-state index >= 15 is 0 Å². The summed E-state index contributed by atoms with van der Waals surface area (Å²) in [6, 6.07) is 9.32. The van der Waals surface area contributed by atoms with Gasteiger partial charge in [0.15, 0.2) is 0 Å². The van der Waals surface area contributed by atoms with Gasteiger partial charge < -0.3 is 0 Å². The predicted octanol–water partition coefficient (Wildman–Crippen LogP) is 10.0. The molecule has 4 heteroatoms. The highest BCUT2D eigenvalue weighted by Gasteiger charge is 2.24. The van der Waals surface area contributed by atoms with Crippen molar-refractivity contribution in [3.63, 3.8) is 0 Å². The summed E-state index contributed by atoms with van der Waals surface area (Å²) >= 11 is 7.91. The zero-order chi connectivity index (χ0) is 21.1. The topological polar surface area (TPSA) is 0 Å². The number of hydrogen-bond donors (Lipinski definition) is 0. The maximum Gasteiger partial charge on any atom is 0.0496 e. The van der Waals surface area contributed by atoms with Gasteiger partial charge in [0.2, 0.25) is 0 Å². The second kappa shape index (κ2) is 7.33. The van der Waals surface area contributed by atoms with E-state index in [4.69, 9.17) is 0 Å². The van der Waals surface area contributed by atoms with E-state index in [9.17, 15) is 0 Å². The predicted molar refractivity (Wildman–Crippen MR) is 138 cm³/mol. The first-order valence-electron chi connectivity index (χ1n) is 10.3. The molecule has 4 rings (SSSR count). The van der Waals surface area contributed by atoms with Crippen LogP contribution in [0.2, 0.25) is 0 Å². The molecule has 0 bridgehead atoms. The summed E-state index contributed by atoms with van der Waals surface area (Å²) in [5, 5.41) is 0. The van der Waals surface area contributed by atoms with Crippen molar-refractivity contribution in [1.82, 2.24) is 0 Å². The van der Waals surface area contributed by atoms with E-state index in [0.717, 1.165) is 0 Å². The number of thiophene rings is 4. The summed E-state index contributed by atoms with van der Waals surface area (Å²) in [6.07, 6.45) is 1.17.